The Kier molecular flexibility index (Phi) is 6.31. The van der Waals surface area contributed by atoms with Crippen molar-refractivity contribution in [3.63, 3.8) is 0 Å². The number of carbonyl (C=O) groups excluding carboxylic acids is 3. The molecule has 2 amide bonds. The predicted octanol–water partition coefficient (Wildman–Crippen LogP) is 1.73. The van der Waals surface area contributed by atoms with Gasteiger partial charge in [-0.1, -0.05) is 11.6 Å². The van der Waals surface area contributed by atoms with Crippen LogP contribution in [-0.2, 0) is 36.6 Å². The van der Waals surface area contributed by atoms with Gasteiger partial charge in [0.1, 0.15) is 30.3 Å². The molecule has 0 radical (unpaired) electrons. The van der Waals surface area contributed by atoms with Crippen LogP contribution in [0.3, 0.4) is 0 Å². The third-order valence-corrected chi connectivity index (χ3v) is 7.19. The quantitative estimate of drug-likeness (QED) is 0.409. The Balaban J connectivity index is 1.48. The van der Waals surface area contributed by atoms with Crippen molar-refractivity contribution in [2.75, 3.05) is 12.4 Å². The first-order valence-electron chi connectivity index (χ1n) is 10.1. The number of carboxylic acid groups (broad SMARTS) is 1. The fourth-order valence-electron chi connectivity index (χ4n) is 3.84. The van der Waals surface area contributed by atoms with Gasteiger partial charge in [0.25, 0.3) is 5.91 Å². The SMILES string of the molecule is CC(=O)OCC1=C(C(=O)O)N2C(=O)[C@H](NC(=O)Cn3nc(C(F)(F)F)c(Cl)c3C3CC3)[C@@H]2SC1. The van der Waals surface area contributed by atoms with Crippen LogP contribution >= 0.6 is 23.4 Å². The molecule has 0 bridgehead atoms. The van der Waals surface area contributed by atoms with Crippen molar-refractivity contribution in [1.82, 2.24) is 20.0 Å². The van der Waals surface area contributed by atoms with Crippen molar-refractivity contribution in [2.24, 2.45) is 0 Å². The molecule has 184 valence electrons. The highest BCUT2D eigenvalue weighted by Crippen LogP contribution is 2.47. The number of hydrogen-bond donors (Lipinski definition) is 2. The Labute approximate surface area is 199 Å². The molecule has 0 unspecified atom stereocenters. The number of β-lactam (4-membered cyclic amide) rings is 1. The molecule has 2 fully saturated rings. The lowest BCUT2D eigenvalue weighted by Gasteiger charge is -2.49. The van der Waals surface area contributed by atoms with Crippen LogP contribution in [0.25, 0.3) is 0 Å². The molecule has 2 atom stereocenters. The van der Waals surface area contributed by atoms with Gasteiger partial charge in [-0.05, 0) is 12.8 Å². The number of aromatic nitrogens is 2. The minimum absolute atomic E-state index is 0.129. The Morgan fingerprint density at radius 3 is 2.56 bits per heavy atom. The number of aliphatic carboxylic acids is 1. The predicted molar refractivity (Wildman–Crippen MR) is 111 cm³/mol. The standard InChI is InChI=1S/C19H18ClF3N4O6S/c1-7(28)33-5-9-6-34-17-12(16(30)27(17)14(9)18(31)32)24-10(29)4-26-13(8-2-3-8)11(20)15(25-26)19(21,22)23/h8,12,17H,2-6H2,1H3,(H,24,29)(H,31,32)/t12-,17-/m0/s1. The summed E-state index contributed by atoms with van der Waals surface area (Å²) in [7, 11) is 0. The topological polar surface area (TPSA) is 131 Å². The van der Waals surface area contributed by atoms with Crippen molar-refractivity contribution >= 4 is 47.1 Å². The Morgan fingerprint density at radius 1 is 1.32 bits per heavy atom. The van der Waals surface area contributed by atoms with Crippen molar-refractivity contribution in [3.8, 4) is 0 Å². The van der Waals surface area contributed by atoms with Gasteiger partial charge in [-0.3, -0.25) is 24.0 Å². The van der Waals surface area contributed by atoms with Crippen molar-refractivity contribution in [2.45, 2.75) is 49.8 Å². The number of thioether (sulfide) groups is 1. The number of rotatable bonds is 7. The van der Waals surface area contributed by atoms with Gasteiger partial charge in [-0.15, -0.1) is 11.8 Å². The molecule has 2 N–H and O–H groups in total. The van der Waals surface area contributed by atoms with E-state index in [0.717, 1.165) is 9.58 Å². The maximum Gasteiger partial charge on any atom is 0.436 e. The molecule has 3 aliphatic rings. The molecule has 1 saturated heterocycles. The van der Waals surface area contributed by atoms with Crippen LogP contribution in [0.15, 0.2) is 11.3 Å². The highest BCUT2D eigenvalue weighted by molar-refractivity contribution is 8.00. The molecule has 1 saturated carbocycles. The van der Waals surface area contributed by atoms with Gasteiger partial charge in [-0.2, -0.15) is 18.3 Å². The smallest absolute Gasteiger partial charge is 0.436 e. The summed E-state index contributed by atoms with van der Waals surface area (Å²) < 4.78 is 45.4. The Bertz CT molecular complexity index is 1120. The van der Waals surface area contributed by atoms with Crippen LogP contribution in [0.1, 0.15) is 37.1 Å². The number of ether oxygens (including phenoxy) is 1. The lowest BCUT2D eigenvalue weighted by atomic mass is 10.0. The van der Waals surface area contributed by atoms with Gasteiger partial charge in [0.15, 0.2) is 5.69 Å². The lowest BCUT2D eigenvalue weighted by Crippen LogP contribution is -2.70. The van der Waals surface area contributed by atoms with E-state index >= 15 is 0 Å². The molecule has 4 rings (SSSR count). The van der Waals surface area contributed by atoms with Crippen LogP contribution in [0.4, 0.5) is 13.2 Å². The van der Waals surface area contributed by atoms with E-state index in [1.165, 1.54) is 18.7 Å². The van der Waals surface area contributed by atoms with E-state index in [1.807, 2.05) is 0 Å². The summed E-state index contributed by atoms with van der Waals surface area (Å²) in [4.78, 5) is 49.0. The molecule has 1 aromatic heterocycles. The van der Waals surface area contributed by atoms with Crippen molar-refractivity contribution in [1.29, 1.82) is 0 Å². The number of halogens is 4. The normalized spacial score (nSPS) is 22.3. The fourth-order valence-corrected chi connectivity index (χ4v) is 5.56. The monoisotopic (exact) mass is 522 g/mol. The van der Waals surface area contributed by atoms with Gasteiger partial charge in [0.2, 0.25) is 5.91 Å². The maximum absolute atomic E-state index is 13.2. The number of nitrogens with zero attached hydrogens (tertiary/aromatic N) is 3. The number of fused-ring (bicyclic) bond motifs is 1. The van der Waals surface area contributed by atoms with Crippen LogP contribution in [0.5, 0.6) is 0 Å². The van der Waals surface area contributed by atoms with Crippen LogP contribution < -0.4 is 5.32 Å². The molecular formula is C19H18ClF3N4O6S. The fraction of sp³-hybridized carbons (Fsp3) is 0.526. The molecule has 3 heterocycles. The molecule has 0 aromatic carbocycles. The highest BCUT2D eigenvalue weighted by Gasteiger charge is 2.54. The zero-order valence-electron chi connectivity index (χ0n) is 17.5. The second kappa shape index (κ2) is 8.80. The minimum Gasteiger partial charge on any atom is -0.477 e. The number of alkyl halides is 3. The number of carbonyl (C=O) groups is 4. The summed E-state index contributed by atoms with van der Waals surface area (Å²) >= 11 is 7.07. The number of amides is 2. The summed E-state index contributed by atoms with van der Waals surface area (Å²) in [5.41, 5.74) is -1.22. The van der Waals surface area contributed by atoms with Crippen LogP contribution in [0, 0.1) is 0 Å². The lowest BCUT2D eigenvalue weighted by molar-refractivity contribution is -0.151. The molecule has 1 aromatic rings. The summed E-state index contributed by atoms with van der Waals surface area (Å²) in [6, 6.07) is -1.07. The average molecular weight is 523 g/mol. The van der Waals surface area contributed by atoms with E-state index in [-0.39, 0.29) is 35.2 Å². The van der Waals surface area contributed by atoms with Gasteiger partial charge >= 0.3 is 18.1 Å². The van der Waals surface area contributed by atoms with E-state index in [0.29, 0.717) is 12.8 Å². The van der Waals surface area contributed by atoms with Crippen LogP contribution in [-0.4, -0.2) is 67.3 Å². The zero-order valence-corrected chi connectivity index (χ0v) is 19.1. The first-order chi connectivity index (χ1) is 15.9. The largest absolute Gasteiger partial charge is 0.477 e. The maximum atomic E-state index is 13.2. The van der Waals surface area contributed by atoms with Crippen LogP contribution in [0.2, 0.25) is 5.02 Å². The molecule has 34 heavy (non-hydrogen) atoms. The molecular weight excluding hydrogens is 505 g/mol. The van der Waals surface area contributed by atoms with E-state index < -0.39 is 58.6 Å². The zero-order chi connectivity index (χ0) is 24.9. The second-order valence-electron chi connectivity index (χ2n) is 7.97. The Hall–Kier alpha value is -2.74. The molecule has 15 heteroatoms. The van der Waals surface area contributed by atoms with Gasteiger partial charge < -0.3 is 15.2 Å². The number of carboxylic acids is 1. The van der Waals surface area contributed by atoms with Crippen molar-refractivity contribution in [3.05, 3.63) is 27.7 Å². The second-order valence-corrected chi connectivity index (χ2v) is 9.45. The van der Waals surface area contributed by atoms with Crippen molar-refractivity contribution < 1.29 is 42.2 Å². The van der Waals surface area contributed by atoms with Gasteiger partial charge in [0.05, 0.1) is 10.7 Å². The Morgan fingerprint density at radius 2 is 2.00 bits per heavy atom. The molecule has 0 spiro atoms. The van der Waals surface area contributed by atoms with E-state index in [4.69, 9.17) is 16.3 Å². The van der Waals surface area contributed by atoms with E-state index in [1.54, 1.807) is 0 Å². The summed E-state index contributed by atoms with van der Waals surface area (Å²) in [6.45, 7) is 0.296. The number of esters is 1. The first kappa shape index (κ1) is 24.4. The third-order valence-electron chi connectivity index (χ3n) is 5.47. The van der Waals surface area contributed by atoms with Gasteiger partial charge in [0, 0.05) is 24.2 Å². The average Bonchev–Trinajstić information content (AvgIpc) is 3.51. The highest BCUT2D eigenvalue weighted by atomic mass is 35.5. The number of hydrogen-bond acceptors (Lipinski definition) is 7. The summed E-state index contributed by atoms with van der Waals surface area (Å²) in [6.07, 6.45) is -3.53. The van der Waals surface area contributed by atoms with E-state index in [9.17, 15) is 37.5 Å². The molecule has 10 nitrogen and oxygen atoms in total. The molecule has 2 aliphatic heterocycles. The van der Waals surface area contributed by atoms with E-state index in [2.05, 4.69) is 10.4 Å². The minimum atomic E-state index is -4.78. The third kappa shape index (κ3) is 4.48. The number of nitrogens with one attached hydrogen (secondary N) is 1. The summed E-state index contributed by atoms with van der Waals surface area (Å²) in [5, 5.41) is 14.2. The van der Waals surface area contributed by atoms with Gasteiger partial charge in [-0.25, -0.2) is 4.79 Å². The molecule has 1 aliphatic carbocycles. The first-order valence-corrected chi connectivity index (χ1v) is 11.5. The summed E-state index contributed by atoms with van der Waals surface area (Å²) in [5.74, 6) is -3.53.